The first-order valence-electron chi connectivity index (χ1n) is 13.2. The first-order chi connectivity index (χ1) is 17.3. The molecule has 0 aromatic carbocycles. The van der Waals surface area contributed by atoms with E-state index in [2.05, 4.69) is 6.92 Å². The van der Waals surface area contributed by atoms with Crippen molar-refractivity contribution in [3.05, 3.63) is 47.5 Å². The molecule has 0 bridgehead atoms. The van der Waals surface area contributed by atoms with E-state index in [9.17, 15) is 24.6 Å². The number of furan rings is 1. The molecule has 2 N–H and O–H groups in total. The van der Waals surface area contributed by atoms with Crippen molar-refractivity contribution in [2.75, 3.05) is 7.11 Å². The summed E-state index contributed by atoms with van der Waals surface area (Å²) in [6, 6.07) is 1.97. The predicted molar refractivity (Wildman–Crippen MR) is 140 cm³/mol. The highest BCUT2D eigenvalue weighted by molar-refractivity contribution is 5.99. The second-order valence-electron chi connectivity index (χ2n) is 11.6. The summed E-state index contributed by atoms with van der Waals surface area (Å²) < 4.78 is 9.88. The van der Waals surface area contributed by atoms with Crippen molar-refractivity contribution in [1.82, 2.24) is 0 Å². The van der Waals surface area contributed by atoms with Crippen molar-refractivity contribution < 1.29 is 33.8 Å². The number of ketones is 1. The normalized spacial score (nSPS) is 35.9. The minimum Gasteiger partial charge on any atom is -0.481 e. The van der Waals surface area contributed by atoms with Gasteiger partial charge < -0.3 is 19.4 Å². The van der Waals surface area contributed by atoms with E-state index in [4.69, 9.17) is 9.15 Å². The molecule has 3 aliphatic carbocycles. The highest BCUT2D eigenvalue weighted by Gasteiger charge is 2.66. The molecule has 1 unspecified atom stereocenters. The number of fused-ring (bicyclic) bond motifs is 1. The summed E-state index contributed by atoms with van der Waals surface area (Å²) in [5.41, 5.74) is 0.406. The number of carboxylic acid groups (broad SMARTS) is 1. The van der Waals surface area contributed by atoms with Crippen LogP contribution in [-0.2, 0) is 25.5 Å². The summed E-state index contributed by atoms with van der Waals surface area (Å²) in [7, 11) is 1.33. The molecule has 204 valence electrons. The first kappa shape index (κ1) is 28.9. The van der Waals surface area contributed by atoms with Crippen molar-refractivity contribution in [3.8, 4) is 0 Å². The molecule has 37 heavy (non-hydrogen) atoms. The number of hydrogen-bond donors (Lipinski definition) is 2. The third-order valence-electron chi connectivity index (χ3n) is 9.57. The van der Waals surface area contributed by atoms with Crippen LogP contribution in [-0.4, -0.2) is 41.1 Å². The highest BCUT2D eigenvalue weighted by Crippen LogP contribution is 2.66. The molecule has 3 aliphatic rings. The van der Waals surface area contributed by atoms with Gasteiger partial charge in [0.25, 0.3) is 0 Å². The van der Waals surface area contributed by atoms with Crippen LogP contribution in [0.15, 0.2) is 46.3 Å². The van der Waals surface area contributed by atoms with Crippen LogP contribution >= 0.6 is 0 Å². The van der Waals surface area contributed by atoms with Crippen LogP contribution in [0.2, 0.25) is 0 Å². The zero-order chi connectivity index (χ0) is 27.8. The van der Waals surface area contributed by atoms with Gasteiger partial charge in [-0.2, -0.15) is 0 Å². The molecule has 1 aromatic rings. The molecular weight excluding hydrogens is 472 g/mol. The number of aliphatic carboxylic acids is 1. The van der Waals surface area contributed by atoms with Gasteiger partial charge in [-0.05, 0) is 86.5 Å². The van der Waals surface area contributed by atoms with E-state index < -0.39 is 52.0 Å². The van der Waals surface area contributed by atoms with Gasteiger partial charge in [-0.25, -0.2) is 0 Å². The van der Waals surface area contributed by atoms with Crippen molar-refractivity contribution in [2.45, 2.75) is 79.8 Å². The van der Waals surface area contributed by atoms with Gasteiger partial charge in [0.05, 0.1) is 37.1 Å². The topological polar surface area (TPSA) is 114 Å². The number of ether oxygens (including phenoxy) is 1. The van der Waals surface area contributed by atoms with E-state index in [0.717, 1.165) is 24.0 Å². The van der Waals surface area contributed by atoms with Crippen LogP contribution in [0.3, 0.4) is 0 Å². The number of hydrogen-bond acceptors (Lipinski definition) is 6. The molecular formula is C30H42O7. The predicted octanol–water partition coefficient (Wildman–Crippen LogP) is 5.38. The summed E-state index contributed by atoms with van der Waals surface area (Å²) in [6.45, 7) is 11.4. The molecule has 1 fully saturated rings. The van der Waals surface area contributed by atoms with Crippen LogP contribution in [0.4, 0.5) is 0 Å². The number of rotatable bonds is 5. The fourth-order valence-corrected chi connectivity index (χ4v) is 7.76. The Labute approximate surface area is 220 Å². The van der Waals surface area contributed by atoms with Gasteiger partial charge in [0.15, 0.2) is 5.78 Å². The molecule has 1 heterocycles. The fraction of sp³-hybridized carbons (Fsp3) is 0.633. The molecule has 7 heteroatoms. The van der Waals surface area contributed by atoms with E-state index in [-0.39, 0.29) is 5.78 Å². The number of methoxy groups -OCH3 is 1. The molecule has 7 atom stereocenters. The number of carbonyl (C=O) groups is 3. The quantitative estimate of drug-likeness (QED) is 0.401. The lowest BCUT2D eigenvalue weighted by Crippen LogP contribution is -2.62. The fourth-order valence-electron chi connectivity index (χ4n) is 7.76. The summed E-state index contributed by atoms with van der Waals surface area (Å²) >= 11 is 0. The lowest BCUT2D eigenvalue weighted by atomic mass is 9.41. The molecule has 0 saturated heterocycles. The zero-order valence-electron chi connectivity index (χ0n) is 23.2. The minimum absolute atomic E-state index is 0.149. The monoisotopic (exact) mass is 514 g/mol. The van der Waals surface area contributed by atoms with Gasteiger partial charge in [0.1, 0.15) is 0 Å². The molecule has 0 spiro atoms. The third kappa shape index (κ3) is 4.71. The number of aryl methyl sites for hydroxylation is 1. The minimum atomic E-state index is -1.20. The van der Waals surface area contributed by atoms with Crippen molar-refractivity contribution >= 4 is 17.7 Å². The second kappa shape index (κ2) is 10.6. The smallest absolute Gasteiger partial charge is 0.313 e. The van der Waals surface area contributed by atoms with E-state index in [1.165, 1.54) is 24.8 Å². The summed E-state index contributed by atoms with van der Waals surface area (Å²) in [5.74, 6) is -3.11. The number of aliphatic hydroxyl groups is 1. The highest BCUT2D eigenvalue weighted by atomic mass is 16.5. The van der Waals surface area contributed by atoms with E-state index >= 15 is 0 Å². The Bertz CT molecular complexity index is 1080. The Morgan fingerprint density at radius 3 is 2.38 bits per heavy atom. The van der Waals surface area contributed by atoms with Crippen LogP contribution < -0.4 is 0 Å². The molecule has 7 nitrogen and oxygen atoms in total. The molecule has 0 amide bonds. The standard InChI is InChI=1S/C24H34O6.C6H8O/c1-13-7-8-15(25)18(13)23(4)11-9-16-22(3,21(28)29)12-10-17(26)24(16,5)19(23)14(2)20(27)30-6;1-2-6-3-4-7-5-6/h10,12,14-16,19,25H,7-9,11H2,1-6H3,(H,28,29);3-5H,2H2,1H3/t14?,15-,16+,19+,22-,23+,24-;/m1./s1. The first-order valence-corrected chi connectivity index (χ1v) is 13.2. The van der Waals surface area contributed by atoms with Gasteiger partial charge in [0, 0.05) is 5.41 Å². The number of carbonyl (C=O) groups excluding carboxylic acids is 2. The van der Waals surface area contributed by atoms with Crippen molar-refractivity contribution in [3.63, 3.8) is 0 Å². The van der Waals surface area contributed by atoms with Crippen molar-refractivity contribution in [1.29, 1.82) is 0 Å². The van der Waals surface area contributed by atoms with Gasteiger partial charge in [0.2, 0.25) is 0 Å². The Morgan fingerprint density at radius 2 is 1.92 bits per heavy atom. The molecule has 0 aliphatic heterocycles. The van der Waals surface area contributed by atoms with E-state index in [0.29, 0.717) is 19.3 Å². The maximum atomic E-state index is 13.4. The molecule has 1 aromatic heterocycles. The summed E-state index contributed by atoms with van der Waals surface area (Å²) in [4.78, 5) is 38.5. The second-order valence-corrected chi connectivity index (χ2v) is 11.6. The van der Waals surface area contributed by atoms with Crippen molar-refractivity contribution in [2.24, 2.45) is 34.0 Å². The van der Waals surface area contributed by atoms with Crippen LogP contribution in [0, 0.1) is 34.0 Å². The average molecular weight is 515 g/mol. The summed E-state index contributed by atoms with van der Waals surface area (Å²) in [6.07, 6.45) is 9.37. The zero-order valence-corrected chi connectivity index (χ0v) is 23.2. The number of aliphatic hydroxyl groups excluding tert-OH is 1. The number of esters is 1. The van der Waals surface area contributed by atoms with E-state index in [1.54, 1.807) is 26.4 Å². The SMILES string of the molecule is CCc1ccoc1.COC(=O)C(C)[C@@H]1[C@@]2(C)C(=O)C=C[C@@](C)(C(=O)O)[C@@H]2CC[C@@]1(C)C1=C(C)CC[C@H]1O. The van der Waals surface area contributed by atoms with Crippen LogP contribution in [0.1, 0.15) is 72.8 Å². The van der Waals surface area contributed by atoms with Crippen LogP contribution in [0.25, 0.3) is 0 Å². The third-order valence-corrected chi connectivity index (χ3v) is 9.57. The number of carboxylic acids is 1. The Kier molecular flexibility index (Phi) is 8.28. The largest absolute Gasteiger partial charge is 0.481 e. The lowest BCUT2D eigenvalue weighted by molar-refractivity contribution is -0.174. The van der Waals surface area contributed by atoms with E-state index in [1.807, 2.05) is 26.8 Å². The van der Waals surface area contributed by atoms with Crippen LogP contribution in [0.5, 0.6) is 0 Å². The van der Waals surface area contributed by atoms with Gasteiger partial charge in [-0.3, -0.25) is 14.4 Å². The molecule has 4 rings (SSSR count). The maximum absolute atomic E-state index is 13.4. The van der Waals surface area contributed by atoms with Gasteiger partial charge in [-0.1, -0.05) is 39.3 Å². The Hall–Kier alpha value is -2.67. The molecule has 1 saturated carbocycles. The van der Waals surface area contributed by atoms with Gasteiger partial charge in [-0.15, -0.1) is 0 Å². The Balaban J connectivity index is 0.000000468. The average Bonchev–Trinajstić information content (AvgIpc) is 3.50. The maximum Gasteiger partial charge on any atom is 0.313 e. The summed E-state index contributed by atoms with van der Waals surface area (Å²) in [5, 5.41) is 20.9. The lowest BCUT2D eigenvalue weighted by Gasteiger charge is -2.61. The Morgan fingerprint density at radius 1 is 1.24 bits per heavy atom. The van der Waals surface area contributed by atoms with Gasteiger partial charge >= 0.3 is 11.9 Å². The number of allylic oxidation sites excluding steroid dienone is 2. The molecule has 0 radical (unpaired) electrons.